The molecule has 1 aromatic rings. The molecule has 2 rings (SSSR count). The van der Waals surface area contributed by atoms with Crippen molar-refractivity contribution in [2.45, 2.75) is 33.1 Å². The number of aliphatic hydroxyl groups excluding tert-OH is 1. The third-order valence-electron chi connectivity index (χ3n) is 3.69. The Morgan fingerprint density at radius 3 is 2.56 bits per heavy atom. The average Bonchev–Trinajstić information content (AvgIpc) is 2.42. The second kappa shape index (κ2) is 5.52. The van der Waals surface area contributed by atoms with Gasteiger partial charge in [0.2, 0.25) is 0 Å². The topological polar surface area (TPSA) is 75.3 Å². The molecule has 5 nitrogen and oxygen atoms in total. The van der Waals surface area contributed by atoms with Gasteiger partial charge in [0.05, 0.1) is 0 Å². The fourth-order valence-electron chi connectivity index (χ4n) is 2.36. The van der Waals surface area contributed by atoms with Gasteiger partial charge >= 0.3 is 0 Å². The standard InChI is InChI=1S/C13H22N4O/c1-3-11-15-12(14)9(2)13(16-11)17-6-4-10(8-18)5-7-17/h10,18H,3-8H2,1-2H3,(H2,14,15,16). The SMILES string of the molecule is CCc1nc(N)c(C)c(N2CCC(CO)CC2)n1. The van der Waals surface area contributed by atoms with Gasteiger partial charge in [-0.3, -0.25) is 0 Å². The summed E-state index contributed by atoms with van der Waals surface area (Å²) >= 11 is 0. The molecule has 0 amide bonds. The molecule has 1 fully saturated rings. The highest BCUT2D eigenvalue weighted by Crippen LogP contribution is 2.26. The minimum atomic E-state index is 0.291. The third-order valence-corrected chi connectivity index (χ3v) is 3.69. The zero-order valence-corrected chi connectivity index (χ0v) is 11.2. The largest absolute Gasteiger partial charge is 0.396 e. The maximum absolute atomic E-state index is 9.16. The molecular weight excluding hydrogens is 228 g/mol. The Balaban J connectivity index is 2.20. The van der Waals surface area contributed by atoms with Crippen LogP contribution in [-0.4, -0.2) is 34.8 Å². The van der Waals surface area contributed by atoms with Crippen molar-refractivity contribution >= 4 is 11.6 Å². The summed E-state index contributed by atoms with van der Waals surface area (Å²) in [4.78, 5) is 11.1. The van der Waals surface area contributed by atoms with Crippen molar-refractivity contribution in [1.82, 2.24) is 9.97 Å². The lowest BCUT2D eigenvalue weighted by atomic mass is 9.98. The first-order valence-electron chi connectivity index (χ1n) is 6.64. The summed E-state index contributed by atoms with van der Waals surface area (Å²) in [5, 5.41) is 9.16. The van der Waals surface area contributed by atoms with E-state index in [4.69, 9.17) is 10.8 Å². The predicted molar refractivity (Wildman–Crippen MR) is 72.6 cm³/mol. The minimum Gasteiger partial charge on any atom is -0.396 e. The Morgan fingerprint density at radius 1 is 1.33 bits per heavy atom. The number of aromatic nitrogens is 2. The van der Waals surface area contributed by atoms with Crippen molar-refractivity contribution < 1.29 is 5.11 Å². The summed E-state index contributed by atoms with van der Waals surface area (Å²) in [7, 11) is 0. The van der Waals surface area contributed by atoms with Gasteiger partial charge in [-0.1, -0.05) is 6.92 Å². The van der Waals surface area contributed by atoms with E-state index in [1.54, 1.807) is 0 Å². The van der Waals surface area contributed by atoms with Crippen molar-refractivity contribution in [3.8, 4) is 0 Å². The number of nitrogens with two attached hydrogens (primary N) is 1. The van der Waals surface area contributed by atoms with Crippen LogP contribution < -0.4 is 10.6 Å². The first-order valence-corrected chi connectivity index (χ1v) is 6.64. The van der Waals surface area contributed by atoms with Crippen molar-refractivity contribution in [1.29, 1.82) is 0 Å². The van der Waals surface area contributed by atoms with Gasteiger partial charge in [-0.25, -0.2) is 9.97 Å². The molecule has 1 aromatic heterocycles. The van der Waals surface area contributed by atoms with E-state index in [1.165, 1.54) is 0 Å². The van der Waals surface area contributed by atoms with E-state index in [9.17, 15) is 0 Å². The Kier molecular flexibility index (Phi) is 4.01. The van der Waals surface area contributed by atoms with Crippen LogP contribution in [0.2, 0.25) is 0 Å². The van der Waals surface area contributed by atoms with Crippen LogP contribution in [0.25, 0.3) is 0 Å². The van der Waals surface area contributed by atoms with Gasteiger partial charge in [-0.2, -0.15) is 0 Å². The summed E-state index contributed by atoms with van der Waals surface area (Å²) < 4.78 is 0. The number of nitrogen functional groups attached to an aromatic ring is 1. The summed E-state index contributed by atoms with van der Waals surface area (Å²) in [5.74, 6) is 2.79. The molecule has 0 atom stereocenters. The molecule has 0 saturated carbocycles. The normalized spacial score (nSPS) is 17.2. The number of hydrogen-bond acceptors (Lipinski definition) is 5. The van der Waals surface area contributed by atoms with Crippen LogP contribution in [0.4, 0.5) is 11.6 Å². The molecule has 1 aliphatic heterocycles. The number of piperidine rings is 1. The molecule has 100 valence electrons. The Bertz CT molecular complexity index is 414. The fraction of sp³-hybridized carbons (Fsp3) is 0.692. The predicted octanol–water partition coefficient (Wildman–Crippen LogP) is 1.14. The lowest BCUT2D eigenvalue weighted by molar-refractivity contribution is 0.202. The van der Waals surface area contributed by atoms with Crippen LogP contribution in [0.15, 0.2) is 0 Å². The van der Waals surface area contributed by atoms with E-state index in [0.717, 1.165) is 49.6 Å². The van der Waals surface area contributed by atoms with Crippen LogP contribution in [-0.2, 0) is 6.42 Å². The summed E-state index contributed by atoms with van der Waals surface area (Å²) in [6.45, 7) is 6.17. The lowest BCUT2D eigenvalue weighted by Gasteiger charge is -2.33. The fourth-order valence-corrected chi connectivity index (χ4v) is 2.36. The Hall–Kier alpha value is -1.36. The smallest absolute Gasteiger partial charge is 0.137 e. The molecular formula is C13H22N4O. The van der Waals surface area contributed by atoms with Gasteiger partial charge < -0.3 is 15.7 Å². The molecule has 0 aromatic carbocycles. The maximum Gasteiger partial charge on any atom is 0.137 e. The summed E-state index contributed by atoms with van der Waals surface area (Å²) in [6, 6.07) is 0. The molecule has 1 saturated heterocycles. The van der Waals surface area contributed by atoms with Crippen LogP contribution in [0.1, 0.15) is 31.2 Å². The van der Waals surface area contributed by atoms with Crippen LogP contribution in [0, 0.1) is 12.8 Å². The van der Waals surface area contributed by atoms with Crippen LogP contribution in [0.3, 0.4) is 0 Å². The lowest BCUT2D eigenvalue weighted by Crippen LogP contribution is -2.36. The van der Waals surface area contributed by atoms with Gasteiger partial charge in [-0.05, 0) is 25.7 Å². The number of nitrogens with zero attached hydrogens (tertiary/aromatic N) is 3. The zero-order valence-electron chi connectivity index (χ0n) is 11.2. The highest BCUT2D eigenvalue weighted by Gasteiger charge is 2.22. The monoisotopic (exact) mass is 250 g/mol. The van der Waals surface area contributed by atoms with E-state index in [0.29, 0.717) is 18.3 Å². The van der Waals surface area contributed by atoms with Crippen LogP contribution in [0.5, 0.6) is 0 Å². The minimum absolute atomic E-state index is 0.291. The third kappa shape index (κ3) is 2.56. The first kappa shape index (κ1) is 13.1. The molecule has 18 heavy (non-hydrogen) atoms. The van der Waals surface area contributed by atoms with Gasteiger partial charge in [0, 0.05) is 31.7 Å². The maximum atomic E-state index is 9.16. The molecule has 1 aliphatic rings. The van der Waals surface area contributed by atoms with Crippen molar-refractivity contribution in [2.24, 2.45) is 5.92 Å². The highest BCUT2D eigenvalue weighted by molar-refractivity contribution is 5.56. The summed E-state index contributed by atoms with van der Waals surface area (Å²) in [5.41, 5.74) is 6.91. The van der Waals surface area contributed by atoms with E-state index in [-0.39, 0.29) is 0 Å². The second-order valence-corrected chi connectivity index (χ2v) is 4.94. The van der Waals surface area contributed by atoms with Crippen LogP contribution >= 0.6 is 0 Å². The van der Waals surface area contributed by atoms with Crippen molar-refractivity contribution in [3.05, 3.63) is 11.4 Å². The molecule has 0 bridgehead atoms. The molecule has 0 spiro atoms. The average molecular weight is 250 g/mol. The molecule has 5 heteroatoms. The van der Waals surface area contributed by atoms with E-state index in [1.807, 2.05) is 13.8 Å². The van der Waals surface area contributed by atoms with Gasteiger partial charge in [-0.15, -0.1) is 0 Å². The highest BCUT2D eigenvalue weighted by atomic mass is 16.3. The van der Waals surface area contributed by atoms with Crippen molar-refractivity contribution in [3.63, 3.8) is 0 Å². The number of anilines is 2. The number of rotatable bonds is 3. The Labute approximate surface area is 108 Å². The summed E-state index contributed by atoms with van der Waals surface area (Å²) in [6.07, 6.45) is 2.83. The number of aliphatic hydroxyl groups is 1. The first-order chi connectivity index (χ1) is 8.65. The number of hydrogen-bond donors (Lipinski definition) is 2. The quantitative estimate of drug-likeness (QED) is 0.841. The van der Waals surface area contributed by atoms with E-state index in [2.05, 4.69) is 14.9 Å². The number of aryl methyl sites for hydroxylation is 1. The molecule has 0 aliphatic carbocycles. The van der Waals surface area contributed by atoms with Gasteiger partial charge in [0.1, 0.15) is 17.5 Å². The van der Waals surface area contributed by atoms with Gasteiger partial charge in [0.25, 0.3) is 0 Å². The van der Waals surface area contributed by atoms with Crippen molar-refractivity contribution in [2.75, 3.05) is 30.3 Å². The second-order valence-electron chi connectivity index (χ2n) is 4.94. The van der Waals surface area contributed by atoms with Gasteiger partial charge in [0.15, 0.2) is 0 Å². The molecule has 0 unspecified atom stereocenters. The van der Waals surface area contributed by atoms with E-state index < -0.39 is 0 Å². The molecule has 0 radical (unpaired) electrons. The zero-order chi connectivity index (χ0) is 13.1. The Morgan fingerprint density at radius 2 is 2.00 bits per heavy atom. The van der Waals surface area contributed by atoms with E-state index >= 15 is 0 Å². The molecule has 3 N–H and O–H groups in total. The molecule has 2 heterocycles.